The number of benzene rings is 1. The van der Waals surface area contributed by atoms with Gasteiger partial charge < -0.3 is 4.98 Å². The Morgan fingerprint density at radius 2 is 1.84 bits per heavy atom. The highest BCUT2D eigenvalue weighted by Gasteiger charge is 2.15. The molecule has 3 heterocycles. The molecule has 5 nitrogen and oxygen atoms in total. The smallest absolute Gasteiger partial charge is 0.160 e. The molecule has 0 unspecified atom stereocenters. The standard InChI is InChI=1S/C20H21N5/c1-12(2)20-24-23-17-9-8-16(11-25(17)20)19-18(21-14(4)22-19)15-7-5-6-13(3)10-15/h5-12H,1-4H3,(H,21,22). The maximum Gasteiger partial charge on any atom is 0.160 e. The molecule has 1 aromatic carbocycles. The first-order valence-corrected chi connectivity index (χ1v) is 8.51. The van der Waals surface area contributed by atoms with Gasteiger partial charge in [-0.2, -0.15) is 0 Å². The first-order valence-electron chi connectivity index (χ1n) is 8.51. The van der Waals surface area contributed by atoms with Crippen LogP contribution in [-0.4, -0.2) is 24.6 Å². The number of H-pyrrole nitrogens is 1. The van der Waals surface area contributed by atoms with Crippen molar-refractivity contribution in [1.29, 1.82) is 0 Å². The van der Waals surface area contributed by atoms with Crippen molar-refractivity contribution in [2.24, 2.45) is 0 Å². The van der Waals surface area contributed by atoms with Gasteiger partial charge in [-0.25, -0.2) is 4.98 Å². The van der Waals surface area contributed by atoms with Gasteiger partial charge in [-0.3, -0.25) is 4.40 Å². The van der Waals surface area contributed by atoms with Gasteiger partial charge in [0.1, 0.15) is 11.6 Å². The normalized spacial score (nSPS) is 11.6. The van der Waals surface area contributed by atoms with Crippen molar-refractivity contribution in [3.8, 4) is 22.5 Å². The minimum Gasteiger partial charge on any atom is -0.342 e. The summed E-state index contributed by atoms with van der Waals surface area (Å²) < 4.78 is 2.06. The number of fused-ring (bicyclic) bond motifs is 1. The third-order valence-electron chi connectivity index (χ3n) is 4.35. The highest BCUT2D eigenvalue weighted by Crippen LogP contribution is 2.31. The third-order valence-corrected chi connectivity index (χ3v) is 4.35. The van der Waals surface area contributed by atoms with E-state index in [1.165, 1.54) is 5.56 Å². The minimum atomic E-state index is 0.308. The molecule has 0 aliphatic rings. The molecule has 1 N–H and O–H groups in total. The summed E-state index contributed by atoms with van der Waals surface area (Å²) in [4.78, 5) is 8.16. The molecule has 126 valence electrons. The summed E-state index contributed by atoms with van der Waals surface area (Å²) in [6, 6.07) is 12.5. The van der Waals surface area contributed by atoms with Gasteiger partial charge in [-0.1, -0.05) is 37.6 Å². The zero-order chi connectivity index (χ0) is 17.6. The number of hydrogen-bond donors (Lipinski definition) is 1. The number of nitrogens with one attached hydrogen (secondary N) is 1. The molecule has 0 saturated carbocycles. The molecule has 0 bridgehead atoms. The van der Waals surface area contributed by atoms with Gasteiger partial charge >= 0.3 is 0 Å². The average molecular weight is 331 g/mol. The van der Waals surface area contributed by atoms with Crippen LogP contribution >= 0.6 is 0 Å². The number of aromatic nitrogens is 5. The van der Waals surface area contributed by atoms with Gasteiger partial charge in [-0.05, 0) is 32.0 Å². The van der Waals surface area contributed by atoms with Crippen LogP contribution in [0.4, 0.5) is 0 Å². The number of aromatic amines is 1. The maximum atomic E-state index is 4.74. The summed E-state index contributed by atoms with van der Waals surface area (Å²) >= 11 is 0. The van der Waals surface area contributed by atoms with Crippen molar-refractivity contribution in [1.82, 2.24) is 24.6 Å². The lowest BCUT2D eigenvalue weighted by Gasteiger charge is -2.07. The first kappa shape index (κ1) is 15.6. The van der Waals surface area contributed by atoms with Crippen LogP contribution in [-0.2, 0) is 0 Å². The van der Waals surface area contributed by atoms with Gasteiger partial charge in [0.15, 0.2) is 5.65 Å². The van der Waals surface area contributed by atoms with E-state index in [0.717, 1.165) is 39.8 Å². The molecular weight excluding hydrogens is 310 g/mol. The topological polar surface area (TPSA) is 58.9 Å². The minimum absolute atomic E-state index is 0.308. The Morgan fingerprint density at radius 1 is 1.00 bits per heavy atom. The molecule has 0 saturated heterocycles. The summed E-state index contributed by atoms with van der Waals surface area (Å²) in [5.74, 6) is 2.17. The third kappa shape index (κ3) is 2.71. The predicted molar refractivity (Wildman–Crippen MR) is 99.6 cm³/mol. The number of rotatable bonds is 3. The predicted octanol–water partition coefficient (Wildman–Crippen LogP) is 4.53. The van der Waals surface area contributed by atoms with Crippen LogP contribution in [0.15, 0.2) is 42.6 Å². The highest BCUT2D eigenvalue weighted by molar-refractivity contribution is 5.79. The molecule has 0 aliphatic carbocycles. The molecule has 4 rings (SSSR count). The number of hydrogen-bond acceptors (Lipinski definition) is 3. The Kier molecular flexibility index (Phi) is 3.64. The van der Waals surface area contributed by atoms with Crippen LogP contribution in [0.1, 0.15) is 37.0 Å². The Morgan fingerprint density at radius 3 is 2.60 bits per heavy atom. The number of nitrogens with zero attached hydrogens (tertiary/aromatic N) is 4. The fourth-order valence-corrected chi connectivity index (χ4v) is 3.15. The van der Waals surface area contributed by atoms with Crippen molar-refractivity contribution in [3.05, 3.63) is 59.8 Å². The van der Waals surface area contributed by atoms with Gasteiger partial charge in [0.2, 0.25) is 0 Å². The Labute approximate surface area is 146 Å². The molecule has 4 aromatic rings. The van der Waals surface area contributed by atoms with Crippen LogP contribution in [0.25, 0.3) is 28.2 Å². The van der Waals surface area contributed by atoms with Gasteiger partial charge in [0, 0.05) is 23.2 Å². The van der Waals surface area contributed by atoms with Crippen LogP contribution in [0, 0.1) is 13.8 Å². The molecule has 5 heteroatoms. The molecular formula is C20H21N5. The summed E-state index contributed by atoms with van der Waals surface area (Å²) in [6.07, 6.45) is 2.08. The molecule has 0 spiro atoms. The number of imidazole rings is 1. The fourth-order valence-electron chi connectivity index (χ4n) is 3.15. The lowest BCUT2D eigenvalue weighted by atomic mass is 10.0. The summed E-state index contributed by atoms with van der Waals surface area (Å²) in [6.45, 7) is 8.34. The molecule has 0 fully saturated rings. The van der Waals surface area contributed by atoms with Crippen LogP contribution in [0.3, 0.4) is 0 Å². The van der Waals surface area contributed by atoms with E-state index in [0.29, 0.717) is 5.92 Å². The average Bonchev–Trinajstić information content (AvgIpc) is 3.17. The van der Waals surface area contributed by atoms with Crippen LogP contribution in [0.2, 0.25) is 0 Å². The maximum absolute atomic E-state index is 4.74. The quantitative estimate of drug-likeness (QED) is 0.600. The SMILES string of the molecule is Cc1cccc(-c2[nH]c(C)nc2-c2ccc3nnc(C(C)C)n3c2)c1. The zero-order valence-electron chi connectivity index (χ0n) is 14.9. The van der Waals surface area contributed by atoms with E-state index >= 15 is 0 Å². The second kappa shape index (κ2) is 5.84. The molecule has 25 heavy (non-hydrogen) atoms. The Bertz CT molecular complexity index is 1060. The summed E-state index contributed by atoms with van der Waals surface area (Å²) in [5.41, 5.74) is 6.27. The van der Waals surface area contributed by atoms with E-state index in [9.17, 15) is 0 Å². The van der Waals surface area contributed by atoms with E-state index in [1.807, 2.05) is 13.0 Å². The summed E-state index contributed by atoms with van der Waals surface area (Å²) in [5, 5.41) is 8.57. The molecule has 0 aliphatic heterocycles. The van der Waals surface area contributed by atoms with Crippen molar-refractivity contribution in [2.45, 2.75) is 33.6 Å². The van der Waals surface area contributed by atoms with Crippen molar-refractivity contribution in [3.63, 3.8) is 0 Å². The van der Waals surface area contributed by atoms with E-state index in [4.69, 9.17) is 4.98 Å². The lowest BCUT2D eigenvalue weighted by Crippen LogP contribution is -1.97. The second-order valence-electron chi connectivity index (χ2n) is 6.77. The Balaban J connectivity index is 1.90. The highest BCUT2D eigenvalue weighted by atomic mass is 15.2. The van der Waals surface area contributed by atoms with E-state index in [1.54, 1.807) is 0 Å². The molecule has 0 amide bonds. The monoisotopic (exact) mass is 331 g/mol. The lowest BCUT2D eigenvalue weighted by molar-refractivity contribution is 0.759. The number of pyridine rings is 1. The molecule has 0 atom stereocenters. The van der Waals surface area contributed by atoms with Crippen LogP contribution in [0.5, 0.6) is 0 Å². The first-order chi connectivity index (χ1) is 12.0. The van der Waals surface area contributed by atoms with E-state index < -0.39 is 0 Å². The fraction of sp³-hybridized carbons (Fsp3) is 0.250. The van der Waals surface area contributed by atoms with Gasteiger partial charge in [0.25, 0.3) is 0 Å². The number of aryl methyl sites for hydroxylation is 2. The summed E-state index contributed by atoms with van der Waals surface area (Å²) in [7, 11) is 0. The van der Waals surface area contributed by atoms with E-state index in [-0.39, 0.29) is 0 Å². The van der Waals surface area contributed by atoms with Gasteiger partial charge in [0.05, 0.1) is 11.4 Å². The zero-order valence-corrected chi connectivity index (χ0v) is 14.9. The van der Waals surface area contributed by atoms with Crippen molar-refractivity contribution < 1.29 is 0 Å². The molecule has 0 radical (unpaired) electrons. The van der Waals surface area contributed by atoms with Crippen molar-refractivity contribution in [2.75, 3.05) is 0 Å². The Hall–Kier alpha value is -2.95. The van der Waals surface area contributed by atoms with Crippen LogP contribution < -0.4 is 0 Å². The van der Waals surface area contributed by atoms with E-state index in [2.05, 4.69) is 76.9 Å². The van der Waals surface area contributed by atoms with Gasteiger partial charge in [-0.15, -0.1) is 10.2 Å². The second-order valence-corrected chi connectivity index (χ2v) is 6.77. The van der Waals surface area contributed by atoms with Crippen molar-refractivity contribution >= 4 is 5.65 Å². The molecule has 3 aromatic heterocycles. The largest absolute Gasteiger partial charge is 0.342 e.